The van der Waals surface area contributed by atoms with Gasteiger partial charge in [-0.05, 0) is 24.3 Å². The van der Waals surface area contributed by atoms with Crippen molar-refractivity contribution in [3.8, 4) is 5.69 Å². The molecule has 0 radical (unpaired) electrons. The summed E-state index contributed by atoms with van der Waals surface area (Å²) in [4.78, 5) is 10.7. The van der Waals surface area contributed by atoms with Crippen LogP contribution in [-0.4, -0.2) is 20.9 Å². The van der Waals surface area contributed by atoms with Gasteiger partial charge in [0.1, 0.15) is 5.15 Å². The van der Waals surface area contributed by atoms with Gasteiger partial charge in [-0.3, -0.25) is 0 Å². The van der Waals surface area contributed by atoms with Crippen LogP contribution in [0.2, 0.25) is 5.15 Å². The lowest BCUT2D eigenvalue weighted by Gasteiger charge is -2.03. The SMILES string of the molecule is O=C(O)c1cccc(-n2nccc2Cl)c1. The Labute approximate surface area is 90.7 Å². The van der Waals surface area contributed by atoms with Gasteiger partial charge < -0.3 is 5.11 Å². The van der Waals surface area contributed by atoms with Crippen LogP contribution in [0, 0.1) is 0 Å². The molecule has 2 rings (SSSR count). The van der Waals surface area contributed by atoms with Gasteiger partial charge in [0.25, 0.3) is 0 Å². The first-order valence-corrected chi connectivity index (χ1v) is 4.59. The van der Waals surface area contributed by atoms with Crippen LogP contribution in [0.25, 0.3) is 5.69 Å². The van der Waals surface area contributed by atoms with Gasteiger partial charge >= 0.3 is 5.97 Å². The van der Waals surface area contributed by atoms with E-state index in [0.717, 1.165) is 0 Å². The molecule has 76 valence electrons. The molecule has 5 heteroatoms. The van der Waals surface area contributed by atoms with Crippen LogP contribution in [0.5, 0.6) is 0 Å². The Balaban J connectivity index is 2.50. The summed E-state index contributed by atoms with van der Waals surface area (Å²) in [5.74, 6) is -0.972. The van der Waals surface area contributed by atoms with Crippen molar-refractivity contribution < 1.29 is 9.90 Å². The van der Waals surface area contributed by atoms with Crippen LogP contribution >= 0.6 is 11.6 Å². The molecule has 0 bridgehead atoms. The zero-order valence-corrected chi connectivity index (χ0v) is 8.35. The van der Waals surface area contributed by atoms with Gasteiger partial charge in [0, 0.05) is 0 Å². The van der Waals surface area contributed by atoms with Gasteiger partial charge in [0.2, 0.25) is 0 Å². The van der Waals surface area contributed by atoms with Gasteiger partial charge in [0.15, 0.2) is 0 Å². The molecule has 0 aliphatic rings. The Morgan fingerprint density at radius 1 is 1.40 bits per heavy atom. The Hall–Kier alpha value is -1.81. The third-order valence-electron chi connectivity index (χ3n) is 1.93. The lowest BCUT2D eigenvalue weighted by Crippen LogP contribution is -2.00. The van der Waals surface area contributed by atoms with Gasteiger partial charge in [0.05, 0.1) is 17.4 Å². The summed E-state index contributed by atoms with van der Waals surface area (Å²) in [5.41, 5.74) is 0.837. The average Bonchev–Trinajstić information content (AvgIpc) is 2.64. The summed E-state index contributed by atoms with van der Waals surface area (Å²) in [5, 5.41) is 13.2. The van der Waals surface area contributed by atoms with E-state index in [-0.39, 0.29) is 5.56 Å². The highest BCUT2D eigenvalue weighted by atomic mass is 35.5. The molecular formula is C10H7ClN2O2. The predicted octanol–water partition coefficient (Wildman–Crippen LogP) is 2.22. The zero-order valence-electron chi connectivity index (χ0n) is 7.59. The molecule has 0 saturated carbocycles. The fourth-order valence-corrected chi connectivity index (χ4v) is 1.45. The minimum atomic E-state index is -0.972. The molecule has 0 unspecified atom stereocenters. The molecule has 15 heavy (non-hydrogen) atoms. The number of benzene rings is 1. The molecule has 0 spiro atoms. The highest BCUT2D eigenvalue weighted by molar-refractivity contribution is 6.29. The van der Waals surface area contributed by atoms with E-state index in [1.807, 2.05) is 0 Å². The van der Waals surface area contributed by atoms with Crippen LogP contribution in [-0.2, 0) is 0 Å². The number of halogens is 1. The van der Waals surface area contributed by atoms with Crippen molar-refractivity contribution in [2.45, 2.75) is 0 Å². The third kappa shape index (κ3) is 1.85. The maximum atomic E-state index is 10.7. The highest BCUT2D eigenvalue weighted by Crippen LogP contribution is 2.15. The van der Waals surface area contributed by atoms with Crippen molar-refractivity contribution >= 4 is 17.6 Å². The quantitative estimate of drug-likeness (QED) is 0.848. The van der Waals surface area contributed by atoms with Crippen molar-refractivity contribution in [1.29, 1.82) is 0 Å². The molecular weight excluding hydrogens is 216 g/mol. The summed E-state index contributed by atoms with van der Waals surface area (Å²) >= 11 is 5.86. The molecule has 0 amide bonds. The molecule has 1 N–H and O–H groups in total. The van der Waals surface area contributed by atoms with E-state index in [0.29, 0.717) is 10.8 Å². The second kappa shape index (κ2) is 3.74. The van der Waals surface area contributed by atoms with Crippen molar-refractivity contribution in [1.82, 2.24) is 9.78 Å². The molecule has 4 nitrogen and oxygen atoms in total. The fraction of sp³-hybridized carbons (Fsp3) is 0. The molecule has 1 heterocycles. The van der Waals surface area contributed by atoms with Gasteiger partial charge in [-0.2, -0.15) is 5.10 Å². The minimum Gasteiger partial charge on any atom is -0.478 e. The number of carbonyl (C=O) groups is 1. The van der Waals surface area contributed by atoms with Crippen LogP contribution in [0.15, 0.2) is 36.5 Å². The summed E-state index contributed by atoms with van der Waals surface area (Å²) in [6, 6.07) is 8.06. The topological polar surface area (TPSA) is 55.1 Å². The molecule has 0 atom stereocenters. The number of carboxylic acids is 1. The predicted molar refractivity (Wildman–Crippen MR) is 55.5 cm³/mol. The molecule has 0 saturated heterocycles. The van der Waals surface area contributed by atoms with E-state index in [4.69, 9.17) is 16.7 Å². The summed E-state index contributed by atoms with van der Waals surface area (Å²) in [7, 11) is 0. The first-order valence-electron chi connectivity index (χ1n) is 4.22. The molecule has 0 aliphatic carbocycles. The second-order valence-corrected chi connectivity index (χ2v) is 3.31. The first-order chi connectivity index (χ1) is 7.18. The van der Waals surface area contributed by atoms with Crippen molar-refractivity contribution in [2.75, 3.05) is 0 Å². The number of aromatic nitrogens is 2. The normalized spacial score (nSPS) is 10.2. The minimum absolute atomic E-state index is 0.207. The van der Waals surface area contributed by atoms with Crippen molar-refractivity contribution in [3.63, 3.8) is 0 Å². The Morgan fingerprint density at radius 3 is 2.80 bits per heavy atom. The standard InChI is InChI=1S/C10H7ClN2O2/c11-9-4-5-12-13(9)8-3-1-2-7(6-8)10(14)15/h1-6H,(H,14,15). The van der Waals surface area contributed by atoms with E-state index in [1.54, 1.807) is 24.4 Å². The molecule has 0 fully saturated rings. The van der Waals surface area contributed by atoms with Gasteiger partial charge in [-0.25, -0.2) is 9.48 Å². The maximum Gasteiger partial charge on any atom is 0.335 e. The average molecular weight is 223 g/mol. The van der Waals surface area contributed by atoms with Crippen molar-refractivity contribution in [2.24, 2.45) is 0 Å². The van der Waals surface area contributed by atoms with Crippen LogP contribution in [0.3, 0.4) is 0 Å². The lowest BCUT2D eigenvalue weighted by molar-refractivity contribution is 0.0697. The number of rotatable bonds is 2. The first kappa shape index (κ1) is 9.73. The Kier molecular flexibility index (Phi) is 2.43. The largest absolute Gasteiger partial charge is 0.478 e. The lowest BCUT2D eigenvalue weighted by atomic mass is 10.2. The Bertz CT molecular complexity index is 508. The van der Waals surface area contributed by atoms with Crippen LogP contribution in [0.1, 0.15) is 10.4 Å². The number of carboxylic acid groups (broad SMARTS) is 1. The highest BCUT2D eigenvalue weighted by Gasteiger charge is 2.06. The second-order valence-electron chi connectivity index (χ2n) is 2.92. The van der Waals surface area contributed by atoms with E-state index in [2.05, 4.69) is 5.10 Å². The van der Waals surface area contributed by atoms with Gasteiger partial charge in [-0.15, -0.1) is 0 Å². The van der Waals surface area contributed by atoms with Crippen LogP contribution < -0.4 is 0 Å². The van der Waals surface area contributed by atoms with Crippen LogP contribution in [0.4, 0.5) is 0 Å². The molecule has 2 aromatic rings. The zero-order chi connectivity index (χ0) is 10.8. The van der Waals surface area contributed by atoms with E-state index in [1.165, 1.54) is 16.8 Å². The van der Waals surface area contributed by atoms with E-state index in [9.17, 15) is 4.79 Å². The van der Waals surface area contributed by atoms with Crippen molar-refractivity contribution in [3.05, 3.63) is 47.2 Å². The summed E-state index contributed by atoms with van der Waals surface area (Å²) in [6.07, 6.45) is 1.55. The molecule has 1 aromatic carbocycles. The monoisotopic (exact) mass is 222 g/mol. The summed E-state index contributed by atoms with van der Waals surface area (Å²) in [6.45, 7) is 0. The fourth-order valence-electron chi connectivity index (χ4n) is 1.25. The van der Waals surface area contributed by atoms with E-state index < -0.39 is 5.97 Å². The van der Waals surface area contributed by atoms with Gasteiger partial charge in [-0.1, -0.05) is 17.7 Å². The molecule has 1 aromatic heterocycles. The van der Waals surface area contributed by atoms with E-state index >= 15 is 0 Å². The number of nitrogens with zero attached hydrogens (tertiary/aromatic N) is 2. The number of aromatic carboxylic acids is 1. The Morgan fingerprint density at radius 2 is 2.20 bits per heavy atom. The number of hydrogen-bond acceptors (Lipinski definition) is 2. The third-order valence-corrected chi connectivity index (χ3v) is 2.22. The summed E-state index contributed by atoms with van der Waals surface area (Å²) < 4.78 is 1.47. The maximum absolute atomic E-state index is 10.7. The number of hydrogen-bond donors (Lipinski definition) is 1. The molecule has 0 aliphatic heterocycles. The smallest absolute Gasteiger partial charge is 0.335 e.